The Morgan fingerprint density at radius 2 is 2.06 bits per heavy atom. The Hall–Kier alpha value is -1.11. The van der Waals surface area contributed by atoms with Gasteiger partial charge in [0.05, 0.1) is 0 Å². The average molecular weight is 249 g/mol. The Bertz CT molecular complexity index is 389. The number of nitrogens with zero attached hydrogens (tertiary/aromatic N) is 1. The highest BCUT2D eigenvalue weighted by Crippen LogP contribution is 2.19. The van der Waals surface area contributed by atoms with Crippen LogP contribution in [0.2, 0.25) is 0 Å². The topological polar surface area (TPSA) is 91.8 Å². The Balaban J connectivity index is 2.47. The minimum Gasteiger partial charge on any atom is -0.481 e. The molecule has 0 saturated carbocycles. The highest BCUT2D eigenvalue weighted by molar-refractivity contribution is 7.91. The second-order valence-corrected chi connectivity index (χ2v) is 6.30. The highest BCUT2D eigenvalue weighted by atomic mass is 32.2. The molecule has 0 spiro atoms. The van der Waals surface area contributed by atoms with Crippen LogP contribution in [0.5, 0.6) is 0 Å². The Kier molecular flexibility index (Phi) is 3.90. The molecule has 1 aliphatic heterocycles. The van der Waals surface area contributed by atoms with Gasteiger partial charge in [-0.25, -0.2) is 8.42 Å². The maximum atomic E-state index is 11.5. The van der Waals surface area contributed by atoms with Gasteiger partial charge in [0.25, 0.3) is 0 Å². The molecule has 0 aliphatic carbocycles. The summed E-state index contributed by atoms with van der Waals surface area (Å²) in [6.45, 7) is 0.799. The maximum Gasteiger partial charge on any atom is 0.303 e. The number of amides is 1. The summed E-state index contributed by atoms with van der Waals surface area (Å²) in [6.07, 6.45) is 1.67. The van der Waals surface area contributed by atoms with Crippen molar-refractivity contribution in [2.75, 3.05) is 25.1 Å². The third kappa shape index (κ3) is 4.18. The van der Waals surface area contributed by atoms with Crippen LogP contribution in [0.25, 0.3) is 0 Å². The normalized spacial score (nSPS) is 21.1. The summed E-state index contributed by atoms with van der Waals surface area (Å²) >= 11 is 0. The van der Waals surface area contributed by atoms with Crippen LogP contribution in [0.3, 0.4) is 0 Å². The summed E-state index contributed by atoms with van der Waals surface area (Å²) < 4.78 is 21.8. The SMILES string of the molecule is CS(=O)(=O)CC(=O)N1CCC(CC(=O)O)C1. The zero-order valence-corrected chi connectivity index (χ0v) is 9.87. The molecule has 1 rings (SSSR count). The van der Waals surface area contributed by atoms with Crippen LogP contribution in [-0.4, -0.2) is 55.4 Å². The molecule has 0 radical (unpaired) electrons. The van der Waals surface area contributed by atoms with Gasteiger partial charge in [-0.3, -0.25) is 9.59 Å². The molecule has 1 fully saturated rings. The van der Waals surface area contributed by atoms with Gasteiger partial charge in [-0.15, -0.1) is 0 Å². The molecular weight excluding hydrogens is 234 g/mol. The van der Waals surface area contributed by atoms with Gasteiger partial charge in [0, 0.05) is 25.8 Å². The van der Waals surface area contributed by atoms with Crippen molar-refractivity contribution >= 4 is 21.7 Å². The fourth-order valence-corrected chi connectivity index (χ4v) is 2.42. The number of carboxylic acid groups (broad SMARTS) is 1. The minimum atomic E-state index is -3.31. The second-order valence-electron chi connectivity index (χ2n) is 4.16. The van der Waals surface area contributed by atoms with E-state index in [1.807, 2.05) is 0 Å². The zero-order chi connectivity index (χ0) is 12.3. The van der Waals surface area contributed by atoms with Crippen molar-refractivity contribution in [3.63, 3.8) is 0 Å². The second kappa shape index (κ2) is 4.82. The quantitative estimate of drug-likeness (QED) is 0.715. The molecule has 0 aromatic rings. The fourth-order valence-electron chi connectivity index (χ4n) is 1.79. The molecule has 0 bridgehead atoms. The number of sulfone groups is 1. The molecule has 1 aliphatic rings. The van der Waals surface area contributed by atoms with Gasteiger partial charge in [0.15, 0.2) is 9.84 Å². The van der Waals surface area contributed by atoms with E-state index in [0.717, 1.165) is 6.26 Å². The first-order chi connectivity index (χ1) is 7.28. The van der Waals surface area contributed by atoms with Gasteiger partial charge in [0.1, 0.15) is 5.75 Å². The van der Waals surface area contributed by atoms with Gasteiger partial charge < -0.3 is 10.0 Å². The molecule has 1 saturated heterocycles. The number of carbonyl (C=O) groups is 2. The van der Waals surface area contributed by atoms with E-state index in [9.17, 15) is 18.0 Å². The largest absolute Gasteiger partial charge is 0.481 e. The van der Waals surface area contributed by atoms with E-state index >= 15 is 0 Å². The number of likely N-dealkylation sites (tertiary alicyclic amines) is 1. The van der Waals surface area contributed by atoms with Crippen molar-refractivity contribution in [2.45, 2.75) is 12.8 Å². The van der Waals surface area contributed by atoms with E-state index < -0.39 is 27.5 Å². The van der Waals surface area contributed by atoms with Crippen molar-refractivity contribution in [1.29, 1.82) is 0 Å². The van der Waals surface area contributed by atoms with Crippen molar-refractivity contribution < 1.29 is 23.1 Å². The van der Waals surface area contributed by atoms with Gasteiger partial charge >= 0.3 is 5.97 Å². The van der Waals surface area contributed by atoms with E-state index in [2.05, 4.69) is 0 Å². The maximum absolute atomic E-state index is 11.5. The van der Waals surface area contributed by atoms with Crippen LogP contribution in [-0.2, 0) is 19.4 Å². The van der Waals surface area contributed by atoms with Crippen molar-refractivity contribution in [3.8, 4) is 0 Å². The van der Waals surface area contributed by atoms with Gasteiger partial charge in [-0.05, 0) is 12.3 Å². The minimum absolute atomic E-state index is 0.0304. The number of carbonyl (C=O) groups excluding carboxylic acids is 1. The summed E-state index contributed by atoms with van der Waals surface area (Å²) in [4.78, 5) is 23.4. The molecular formula is C9H15NO5S. The molecule has 0 aromatic carbocycles. The molecule has 7 heteroatoms. The molecule has 0 aromatic heterocycles. The van der Waals surface area contributed by atoms with E-state index in [4.69, 9.17) is 5.11 Å². The lowest BCUT2D eigenvalue weighted by Crippen LogP contribution is -2.33. The van der Waals surface area contributed by atoms with Crippen LogP contribution in [0.4, 0.5) is 0 Å². The molecule has 1 heterocycles. The molecule has 1 amide bonds. The number of hydrogen-bond donors (Lipinski definition) is 1. The number of aliphatic carboxylic acids is 1. The summed E-state index contributed by atoms with van der Waals surface area (Å²) in [5.41, 5.74) is 0. The van der Waals surface area contributed by atoms with Gasteiger partial charge in [0.2, 0.25) is 5.91 Å². The molecule has 1 atom stereocenters. The summed E-state index contributed by atoms with van der Waals surface area (Å²) in [6, 6.07) is 0. The van der Waals surface area contributed by atoms with Gasteiger partial charge in [-0.2, -0.15) is 0 Å². The first-order valence-electron chi connectivity index (χ1n) is 4.95. The average Bonchev–Trinajstić information content (AvgIpc) is 2.48. The predicted molar refractivity (Wildman–Crippen MR) is 56.7 cm³/mol. The molecule has 1 unspecified atom stereocenters. The number of carboxylic acids is 1. The van der Waals surface area contributed by atoms with E-state index in [0.29, 0.717) is 19.5 Å². The van der Waals surface area contributed by atoms with Crippen LogP contribution in [0.1, 0.15) is 12.8 Å². The molecule has 1 N–H and O–H groups in total. The van der Waals surface area contributed by atoms with Gasteiger partial charge in [-0.1, -0.05) is 0 Å². The third-order valence-electron chi connectivity index (χ3n) is 2.49. The van der Waals surface area contributed by atoms with Crippen molar-refractivity contribution in [1.82, 2.24) is 4.90 Å². The van der Waals surface area contributed by atoms with Crippen LogP contribution < -0.4 is 0 Å². The first kappa shape index (κ1) is 13.0. The van der Waals surface area contributed by atoms with Crippen LogP contribution in [0.15, 0.2) is 0 Å². The van der Waals surface area contributed by atoms with Crippen LogP contribution >= 0.6 is 0 Å². The Labute approximate surface area is 94.2 Å². The molecule has 6 nitrogen and oxygen atoms in total. The Morgan fingerprint density at radius 1 is 1.44 bits per heavy atom. The highest BCUT2D eigenvalue weighted by Gasteiger charge is 2.28. The lowest BCUT2D eigenvalue weighted by molar-refractivity contribution is -0.138. The number of rotatable bonds is 4. The van der Waals surface area contributed by atoms with E-state index in [1.54, 1.807) is 0 Å². The monoisotopic (exact) mass is 249 g/mol. The predicted octanol–water partition coefficient (Wildman–Crippen LogP) is -0.646. The van der Waals surface area contributed by atoms with Crippen molar-refractivity contribution in [2.24, 2.45) is 5.92 Å². The fraction of sp³-hybridized carbons (Fsp3) is 0.778. The molecule has 16 heavy (non-hydrogen) atoms. The Morgan fingerprint density at radius 3 is 2.56 bits per heavy atom. The van der Waals surface area contributed by atoms with Crippen molar-refractivity contribution in [3.05, 3.63) is 0 Å². The summed E-state index contributed by atoms with van der Waals surface area (Å²) in [5, 5.41) is 8.59. The number of hydrogen-bond acceptors (Lipinski definition) is 4. The molecule has 92 valence electrons. The lowest BCUT2D eigenvalue weighted by Gasteiger charge is -2.15. The smallest absolute Gasteiger partial charge is 0.303 e. The van der Waals surface area contributed by atoms with E-state index in [1.165, 1.54) is 4.90 Å². The van der Waals surface area contributed by atoms with Crippen LogP contribution in [0, 0.1) is 5.92 Å². The first-order valence-corrected chi connectivity index (χ1v) is 7.01. The third-order valence-corrected chi connectivity index (χ3v) is 3.26. The standard InChI is InChI=1S/C9H15NO5S/c1-16(14,15)6-8(11)10-3-2-7(5-10)4-9(12)13/h7H,2-6H2,1H3,(H,12,13). The summed E-state index contributed by atoms with van der Waals surface area (Å²) in [5.74, 6) is -1.87. The zero-order valence-electron chi connectivity index (χ0n) is 9.05. The van der Waals surface area contributed by atoms with E-state index in [-0.39, 0.29) is 12.3 Å². The summed E-state index contributed by atoms with van der Waals surface area (Å²) in [7, 11) is -3.31. The lowest BCUT2D eigenvalue weighted by atomic mass is 10.1.